The first kappa shape index (κ1) is 20.5. The molecule has 5 rings (SSSR count). The molecule has 2 aliphatic rings. The van der Waals surface area contributed by atoms with Gasteiger partial charge in [0.1, 0.15) is 11.7 Å². The molecule has 3 aromatic rings. The summed E-state index contributed by atoms with van der Waals surface area (Å²) in [6.45, 7) is 1.92. The van der Waals surface area contributed by atoms with Crippen LogP contribution in [0.1, 0.15) is 17.2 Å². The maximum atomic E-state index is 13.6. The van der Waals surface area contributed by atoms with Crippen molar-refractivity contribution in [2.24, 2.45) is 5.92 Å². The van der Waals surface area contributed by atoms with Crippen LogP contribution in [0.5, 0.6) is 5.75 Å². The molecule has 32 heavy (non-hydrogen) atoms. The van der Waals surface area contributed by atoms with Crippen molar-refractivity contribution < 1.29 is 19.2 Å². The van der Waals surface area contributed by atoms with Crippen molar-refractivity contribution in [1.82, 2.24) is 0 Å². The summed E-state index contributed by atoms with van der Waals surface area (Å²) in [5.74, 6) is -0.618. The van der Waals surface area contributed by atoms with Crippen molar-refractivity contribution in [2.75, 3.05) is 17.1 Å². The van der Waals surface area contributed by atoms with Gasteiger partial charge >= 0.3 is 0 Å². The van der Waals surface area contributed by atoms with Crippen LogP contribution in [0.2, 0.25) is 5.02 Å². The van der Waals surface area contributed by atoms with Gasteiger partial charge in [-0.3, -0.25) is 14.4 Å². The summed E-state index contributed by atoms with van der Waals surface area (Å²) in [5.41, 5.74) is 3.09. The van der Waals surface area contributed by atoms with Crippen LogP contribution in [0.15, 0.2) is 72.8 Å². The van der Waals surface area contributed by atoms with Gasteiger partial charge in [-0.25, -0.2) is 9.96 Å². The Labute approximate surface area is 190 Å². The number of fused-ring (bicyclic) bond motifs is 1. The summed E-state index contributed by atoms with van der Waals surface area (Å²) in [7, 11) is 1.60. The minimum Gasteiger partial charge on any atom is -0.497 e. The third-order valence-corrected chi connectivity index (χ3v) is 6.17. The van der Waals surface area contributed by atoms with E-state index < -0.39 is 18.1 Å². The van der Waals surface area contributed by atoms with Gasteiger partial charge in [0.2, 0.25) is 5.91 Å². The number of benzene rings is 3. The second-order valence-electron chi connectivity index (χ2n) is 7.92. The number of hydrogen-bond donors (Lipinski definition) is 0. The summed E-state index contributed by atoms with van der Waals surface area (Å²) >= 11 is 6.06. The number of carbonyl (C=O) groups is 2. The number of ether oxygens (including phenoxy) is 1. The van der Waals surface area contributed by atoms with Crippen LogP contribution in [0.25, 0.3) is 0 Å². The van der Waals surface area contributed by atoms with Gasteiger partial charge in [-0.15, -0.1) is 0 Å². The van der Waals surface area contributed by atoms with Crippen LogP contribution in [0.4, 0.5) is 11.4 Å². The van der Waals surface area contributed by atoms with Gasteiger partial charge in [0.05, 0.1) is 24.5 Å². The Bertz CT molecular complexity index is 1180. The molecule has 3 aromatic carbocycles. The number of rotatable bonds is 4. The fourth-order valence-electron chi connectivity index (χ4n) is 4.39. The first-order chi connectivity index (χ1) is 15.5. The molecule has 7 heteroatoms. The van der Waals surface area contributed by atoms with Crippen LogP contribution < -0.4 is 14.7 Å². The Morgan fingerprint density at radius 2 is 1.62 bits per heavy atom. The maximum Gasteiger partial charge on any atom is 0.266 e. The number of nitrogens with zero attached hydrogens (tertiary/aromatic N) is 2. The molecule has 0 N–H and O–H groups in total. The topological polar surface area (TPSA) is 59.1 Å². The van der Waals surface area contributed by atoms with Crippen LogP contribution in [0.3, 0.4) is 0 Å². The second kappa shape index (κ2) is 7.97. The first-order valence-electron chi connectivity index (χ1n) is 10.3. The van der Waals surface area contributed by atoms with E-state index in [1.807, 2.05) is 61.5 Å². The molecule has 0 aliphatic carbocycles. The quantitative estimate of drug-likeness (QED) is 0.541. The van der Waals surface area contributed by atoms with E-state index in [2.05, 4.69) is 0 Å². The Kier molecular flexibility index (Phi) is 5.12. The van der Waals surface area contributed by atoms with E-state index >= 15 is 0 Å². The maximum absolute atomic E-state index is 13.6. The molecule has 6 nitrogen and oxygen atoms in total. The van der Waals surface area contributed by atoms with E-state index in [4.69, 9.17) is 21.2 Å². The SMILES string of the molecule is COc1ccc(C2C3C(=O)N(c4cccc(C)c4)C(=O)C3ON2c2ccc(Cl)cc2)cc1. The van der Waals surface area contributed by atoms with Crippen LogP contribution >= 0.6 is 11.6 Å². The van der Waals surface area contributed by atoms with Crippen molar-refractivity contribution >= 4 is 34.8 Å². The number of halogens is 1. The average molecular weight is 449 g/mol. The monoisotopic (exact) mass is 448 g/mol. The number of hydroxylamine groups is 1. The highest BCUT2D eigenvalue weighted by atomic mass is 35.5. The number of methoxy groups -OCH3 is 1. The number of aryl methyl sites for hydroxylation is 1. The minimum absolute atomic E-state index is 0.275. The van der Waals surface area contributed by atoms with Gasteiger partial charge < -0.3 is 4.74 Å². The molecule has 2 aliphatic heterocycles. The Hall–Kier alpha value is -3.35. The van der Waals surface area contributed by atoms with Gasteiger partial charge in [-0.2, -0.15) is 0 Å². The van der Waals surface area contributed by atoms with E-state index in [0.717, 1.165) is 11.1 Å². The summed E-state index contributed by atoms with van der Waals surface area (Å²) in [4.78, 5) is 34.3. The van der Waals surface area contributed by atoms with Gasteiger partial charge in [-0.1, -0.05) is 35.9 Å². The molecular weight excluding hydrogens is 428 g/mol. The molecule has 2 amide bonds. The van der Waals surface area contributed by atoms with Crippen LogP contribution in [-0.2, 0) is 14.4 Å². The van der Waals surface area contributed by atoms with Gasteiger partial charge in [0, 0.05) is 5.02 Å². The van der Waals surface area contributed by atoms with Gasteiger partial charge in [0.15, 0.2) is 6.10 Å². The third-order valence-electron chi connectivity index (χ3n) is 5.91. The molecule has 3 atom stereocenters. The van der Waals surface area contributed by atoms with Crippen LogP contribution in [0, 0.1) is 12.8 Å². The molecule has 2 saturated heterocycles. The van der Waals surface area contributed by atoms with Gasteiger partial charge in [-0.05, 0) is 66.6 Å². The lowest BCUT2D eigenvalue weighted by molar-refractivity contribution is -0.126. The molecule has 0 bridgehead atoms. The standard InChI is InChI=1S/C25H21ClN2O4/c1-15-4-3-5-19(14-15)27-24(29)21-22(16-6-12-20(31-2)13-7-16)28(32-23(21)25(27)30)18-10-8-17(26)9-11-18/h3-14,21-23H,1-2H3. The van der Waals surface area contributed by atoms with Crippen LogP contribution in [-0.4, -0.2) is 25.0 Å². The molecule has 0 spiro atoms. The van der Waals surface area contributed by atoms with Crippen molar-refractivity contribution in [3.05, 3.63) is 88.9 Å². The zero-order valence-electron chi connectivity index (χ0n) is 17.6. The predicted octanol–water partition coefficient (Wildman–Crippen LogP) is 4.71. The molecule has 0 radical (unpaired) electrons. The Balaban J connectivity index is 1.58. The highest BCUT2D eigenvalue weighted by Crippen LogP contribution is 2.47. The van der Waals surface area contributed by atoms with Crippen molar-refractivity contribution in [1.29, 1.82) is 0 Å². The number of imide groups is 1. The summed E-state index contributed by atoms with van der Waals surface area (Å²) in [6.07, 6.45) is -0.911. The molecule has 2 heterocycles. The number of amides is 2. The van der Waals surface area contributed by atoms with Crippen molar-refractivity contribution in [3.63, 3.8) is 0 Å². The lowest BCUT2D eigenvalue weighted by Crippen LogP contribution is -2.37. The second-order valence-corrected chi connectivity index (χ2v) is 8.36. The largest absolute Gasteiger partial charge is 0.497 e. The zero-order chi connectivity index (χ0) is 22.4. The first-order valence-corrected chi connectivity index (χ1v) is 10.7. The van der Waals surface area contributed by atoms with E-state index in [9.17, 15) is 9.59 Å². The van der Waals surface area contributed by atoms with Crippen molar-refractivity contribution in [3.8, 4) is 5.75 Å². The zero-order valence-corrected chi connectivity index (χ0v) is 18.3. The molecule has 2 fully saturated rings. The lowest BCUT2D eigenvalue weighted by Gasteiger charge is -2.29. The normalized spacial score (nSPS) is 22.4. The number of hydrogen-bond acceptors (Lipinski definition) is 5. The Morgan fingerprint density at radius 3 is 2.28 bits per heavy atom. The third kappa shape index (κ3) is 3.32. The molecule has 0 saturated carbocycles. The average Bonchev–Trinajstić information content (AvgIpc) is 3.30. The summed E-state index contributed by atoms with van der Waals surface area (Å²) < 4.78 is 5.28. The number of anilines is 2. The number of carbonyl (C=O) groups excluding carboxylic acids is 2. The molecule has 162 valence electrons. The van der Waals surface area contributed by atoms with E-state index in [-0.39, 0.29) is 11.8 Å². The molecular formula is C25H21ClN2O4. The smallest absolute Gasteiger partial charge is 0.266 e. The molecule has 0 aromatic heterocycles. The van der Waals surface area contributed by atoms with E-state index in [1.54, 1.807) is 30.4 Å². The fourth-order valence-corrected chi connectivity index (χ4v) is 4.51. The van der Waals surface area contributed by atoms with E-state index in [1.165, 1.54) is 4.90 Å². The van der Waals surface area contributed by atoms with Crippen molar-refractivity contribution in [2.45, 2.75) is 19.1 Å². The lowest BCUT2D eigenvalue weighted by atomic mass is 9.90. The highest BCUT2D eigenvalue weighted by Gasteiger charge is 2.60. The van der Waals surface area contributed by atoms with Gasteiger partial charge in [0.25, 0.3) is 5.91 Å². The highest BCUT2D eigenvalue weighted by molar-refractivity contribution is 6.30. The van der Waals surface area contributed by atoms with E-state index in [0.29, 0.717) is 22.1 Å². The molecule has 3 unspecified atom stereocenters. The predicted molar refractivity (Wildman–Crippen MR) is 122 cm³/mol. The minimum atomic E-state index is -0.911. The Morgan fingerprint density at radius 1 is 0.906 bits per heavy atom. The summed E-state index contributed by atoms with van der Waals surface area (Å²) in [5, 5.41) is 2.24. The fraction of sp³-hybridized carbons (Fsp3) is 0.200. The summed E-state index contributed by atoms with van der Waals surface area (Å²) in [6, 6.07) is 21.5.